The molecule has 1 aromatic carbocycles. The molecular formula is C12H19NOS. The van der Waals surface area contributed by atoms with Gasteiger partial charge >= 0.3 is 0 Å². The van der Waals surface area contributed by atoms with Crippen LogP contribution in [0.5, 0.6) is 0 Å². The molecule has 0 aliphatic rings. The molecule has 0 spiro atoms. The van der Waals surface area contributed by atoms with E-state index in [9.17, 15) is 4.21 Å². The third-order valence-electron chi connectivity index (χ3n) is 2.65. The molecular weight excluding hydrogens is 206 g/mol. The second-order valence-electron chi connectivity index (χ2n) is 3.81. The Bertz CT molecular complexity index is 349. The van der Waals surface area contributed by atoms with Gasteiger partial charge in [0.1, 0.15) is 0 Å². The van der Waals surface area contributed by atoms with E-state index in [0.29, 0.717) is 11.8 Å². The van der Waals surface area contributed by atoms with Gasteiger partial charge < -0.3 is 4.90 Å². The average Bonchev–Trinajstić information content (AvgIpc) is 2.27. The van der Waals surface area contributed by atoms with E-state index in [1.54, 1.807) is 0 Å². The Balaban J connectivity index is 3.11. The normalized spacial score (nSPS) is 15.3. The van der Waals surface area contributed by atoms with Crippen LogP contribution in [0.3, 0.4) is 0 Å². The lowest BCUT2D eigenvalue weighted by Crippen LogP contribution is -2.18. The first-order valence-electron chi connectivity index (χ1n) is 5.21. The summed E-state index contributed by atoms with van der Waals surface area (Å²) in [5.41, 5.74) is 1.17. The van der Waals surface area contributed by atoms with E-state index in [2.05, 4.69) is 17.9 Å². The lowest BCUT2D eigenvalue weighted by atomic mass is 10.1. The molecule has 0 amide bonds. The predicted octanol–water partition coefficient (Wildman–Crippen LogP) is 2.44. The summed E-state index contributed by atoms with van der Waals surface area (Å²) in [5.74, 6) is 0.678. The van der Waals surface area contributed by atoms with E-state index in [1.165, 1.54) is 5.56 Å². The topological polar surface area (TPSA) is 20.3 Å². The smallest absolute Gasteiger partial charge is 0.0530 e. The van der Waals surface area contributed by atoms with Crippen molar-refractivity contribution in [3.05, 3.63) is 29.8 Å². The van der Waals surface area contributed by atoms with Crippen LogP contribution >= 0.6 is 0 Å². The second-order valence-corrected chi connectivity index (χ2v) is 5.52. The van der Waals surface area contributed by atoms with Gasteiger partial charge in [0.15, 0.2) is 0 Å². The first-order chi connectivity index (χ1) is 7.07. The second kappa shape index (κ2) is 5.42. The van der Waals surface area contributed by atoms with Gasteiger partial charge in [0.05, 0.1) is 10.8 Å². The van der Waals surface area contributed by atoms with Gasteiger partial charge in [0.25, 0.3) is 0 Å². The summed E-state index contributed by atoms with van der Waals surface area (Å²) in [7, 11) is 3.21. The minimum atomic E-state index is -0.866. The maximum Gasteiger partial charge on any atom is 0.0530 e. The van der Waals surface area contributed by atoms with Crippen molar-refractivity contribution in [2.45, 2.75) is 24.8 Å². The van der Waals surface area contributed by atoms with Gasteiger partial charge in [-0.15, -0.1) is 0 Å². The van der Waals surface area contributed by atoms with E-state index >= 15 is 0 Å². The molecule has 2 atom stereocenters. The summed E-state index contributed by atoms with van der Waals surface area (Å²) in [5, 5.41) is 0. The zero-order chi connectivity index (χ0) is 11.4. The summed E-state index contributed by atoms with van der Waals surface area (Å²) in [4.78, 5) is 3.10. The Kier molecular flexibility index (Phi) is 4.48. The summed E-state index contributed by atoms with van der Waals surface area (Å²) >= 11 is 0. The quantitative estimate of drug-likeness (QED) is 0.784. The van der Waals surface area contributed by atoms with E-state index in [-0.39, 0.29) is 0 Å². The maximum atomic E-state index is 11.9. The average molecular weight is 225 g/mol. The van der Waals surface area contributed by atoms with E-state index < -0.39 is 10.8 Å². The Hall–Kier alpha value is -0.670. The van der Waals surface area contributed by atoms with Crippen molar-refractivity contribution in [1.82, 2.24) is 4.90 Å². The van der Waals surface area contributed by atoms with Gasteiger partial charge in [0.2, 0.25) is 0 Å². The fourth-order valence-corrected chi connectivity index (χ4v) is 2.51. The molecule has 0 radical (unpaired) electrons. The molecule has 1 aromatic rings. The molecule has 0 saturated heterocycles. The molecule has 15 heavy (non-hydrogen) atoms. The molecule has 2 nitrogen and oxygen atoms in total. The predicted molar refractivity (Wildman–Crippen MR) is 65.5 cm³/mol. The molecule has 0 saturated carbocycles. The van der Waals surface area contributed by atoms with Gasteiger partial charge in [-0.1, -0.05) is 25.1 Å². The first-order valence-corrected chi connectivity index (χ1v) is 6.53. The van der Waals surface area contributed by atoms with E-state index in [1.807, 2.05) is 39.2 Å². The van der Waals surface area contributed by atoms with Crippen LogP contribution in [-0.2, 0) is 10.8 Å². The third kappa shape index (κ3) is 2.89. The minimum Gasteiger partial charge on any atom is -0.303 e. The highest BCUT2D eigenvalue weighted by Gasteiger charge is 2.14. The van der Waals surface area contributed by atoms with E-state index in [0.717, 1.165) is 4.90 Å². The molecule has 1 rings (SSSR count). The van der Waals surface area contributed by atoms with E-state index in [4.69, 9.17) is 0 Å². The summed E-state index contributed by atoms with van der Waals surface area (Å²) in [6.07, 6.45) is 0. The number of hydrogen-bond donors (Lipinski definition) is 0. The zero-order valence-electron chi connectivity index (χ0n) is 9.86. The molecule has 0 N–H and O–H groups in total. The van der Waals surface area contributed by atoms with Crippen LogP contribution in [0.2, 0.25) is 0 Å². The van der Waals surface area contributed by atoms with Gasteiger partial charge in [0, 0.05) is 16.7 Å². The van der Waals surface area contributed by atoms with Crippen molar-refractivity contribution < 1.29 is 4.21 Å². The first kappa shape index (κ1) is 12.4. The molecule has 3 heteroatoms. The van der Waals surface area contributed by atoms with Crippen LogP contribution in [0.15, 0.2) is 29.2 Å². The van der Waals surface area contributed by atoms with Crippen LogP contribution < -0.4 is 0 Å². The SMILES string of the molecule is CC[S@@](=O)c1ccccc1[C@@H](C)N(C)C. The number of nitrogens with zero attached hydrogens (tertiary/aromatic N) is 1. The molecule has 0 fully saturated rings. The number of hydrogen-bond acceptors (Lipinski definition) is 2. The third-order valence-corrected chi connectivity index (χ3v) is 4.04. The van der Waals surface area contributed by atoms with Crippen molar-refractivity contribution in [1.29, 1.82) is 0 Å². The Labute approximate surface area is 94.8 Å². The fraction of sp³-hybridized carbons (Fsp3) is 0.500. The summed E-state index contributed by atoms with van der Waals surface area (Å²) in [6.45, 7) is 4.08. The Morgan fingerprint density at radius 2 is 1.93 bits per heavy atom. The largest absolute Gasteiger partial charge is 0.303 e. The van der Waals surface area contributed by atoms with Crippen LogP contribution in [-0.4, -0.2) is 29.0 Å². The standard InChI is InChI=1S/C12H19NOS/c1-5-15(14)12-9-7-6-8-11(12)10(2)13(3)4/h6-10H,5H2,1-4H3/t10-,15-/m1/s1. The lowest BCUT2D eigenvalue weighted by molar-refractivity contribution is 0.317. The van der Waals surface area contributed by atoms with Crippen molar-refractivity contribution in [2.75, 3.05) is 19.8 Å². The highest BCUT2D eigenvalue weighted by Crippen LogP contribution is 2.24. The summed E-state index contributed by atoms with van der Waals surface area (Å²) in [6, 6.07) is 8.29. The molecule has 0 aromatic heterocycles. The van der Waals surface area contributed by atoms with Crippen molar-refractivity contribution in [3.63, 3.8) is 0 Å². The van der Waals surface area contributed by atoms with Crippen LogP contribution in [0, 0.1) is 0 Å². The highest BCUT2D eigenvalue weighted by atomic mass is 32.2. The van der Waals surface area contributed by atoms with Gasteiger partial charge in [-0.3, -0.25) is 4.21 Å². The maximum absolute atomic E-state index is 11.9. The number of benzene rings is 1. The van der Waals surface area contributed by atoms with Gasteiger partial charge in [-0.2, -0.15) is 0 Å². The summed E-state index contributed by atoms with van der Waals surface area (Å²) < 4.78 is 11.9. The van der Waals surface area contributed by atoms with Crippen LogP contribution in [0.4, 0.5) is 0 Å². The monoisotopic (exact) mass is 225 g/mol. The van der Waals surface area contributed by atoms with Crippen molar-refractivity contribution in [2.24, 2.45) is 0 Å². The molecule has 0 aliphatic carbocycles. The van der Waals surface area contributed by atoms with Crippen LogP contribution in [0.1, 0.15) is 25.5 Å². The minimum absolute atomic E-state index is 0.302. The van der Waals surface area contributed by atoms with Crippen molar-refractivity contribution in [3.8, 4) is 0 Å². The lowest BCUT2D eigenvalue weighted by Gasteiger charge is -2.22. The zero-order valence-corrected chi connectivity index (χ0v) is 10.7. The molecule has 0 aliphatic heterocycles. The Morgan fingerprint density at radius 1 is 1.33 bits per heavy atom. The molecule has 84 valence electrons. The number of rotatable bonds is 4. The highest BCUT2D eigenvalue weighted by molar-refractivity contribution is 7.85. The van der Waals surface area contributed by atoms with Crippen molar-refractivity contribution >= 4 is 10.8 Å². The van der Waals surface area contributed by atoms with Crippen LogP contribution in [0.25, 0.3) is 0 Å². The Morgan fingerprint density at radius 3 is 2.47 bits per heavy atom. The molecule has 0 bridgehead atoms. The van der Waals surface area contributed by atoms with Gasteiger partial charge in [-0.05, 0) is 32.6 Å². The fourth-order valence-electron chi connectivity index (χ4n) is 1.47. The molecule has 0 heterocycles. The molecule has 0 unspecified atom stereocenters. The van der Waals surface area contributed by atoms with Gasteiger partial charge in [-0.25, -0.2) is 0 Å².